The van der Waals surface area contributed by atoms with Crippen LogP contribution < -0.4 is 0 Å². The van der Waals surface area contributed by atoms with Crippen molar-refractivity contribution in [1.82, 2.24) is 9.55 Å². The number of imidazole rings is 1. The molecule has 2 rings (SSSR count). The highest BCUT2D eigenvalue weighted by Crippen LogP contribution is 2.14. The molecular formula is C16H18N2. The van der Waals surface area contributed by atoms with Gasteiger partial charge >= 0.3 is 0 Å². The Balaban J connectivity index is 2.35. The van der Waals surface area contributed by atoms with Crippen LogP contribution in [0, 0.1) is 0 Å². The van der Waals surface area contributed by atoms with Crippen LogP contribution >= 0.6 is 0 Å². The highest BCUT2D eigenvalue weighted by molar-refractivity contribution is 5.34. The minimum Gasteiger partial charge on any atom is -0.303 e. The van der Waals surface area contributed by atoms with Crippen LogP contribution in [0.1, 0.15) is 17.9 Å². The van der Waals surface area contributed by atoms with Gasteiger partial charge in [-0.15, -0.1) is 13.2 Å². The number of rotatable bonds is 6. The first-order valence-corrected chi connectivity index (χ1v) is 6.19. The van der Waals surface area contributed by atoms with Gasteiger partial charge in [-0.2, -0.15) is 0 Å². The Hall–Kier alpha value is -2.09. The van der Waals surface area contributed by atoms with Crippen LogP contribution in [0.5, 0.6) is 0 Å². The zero-order valence-corrected chi connectivity index (χ0v) is 10.5. The van der Waals surface area contributed by atoms with E-state index in [4.69, 9.17) is 0 Å². The van der Waals surface area contributed by atoms with E-state index in [1.54, 1.807) is 0 Å². The second-order valence-corrected chi connectivity index (χ2v) is 4.17. The van der Waals surface area contributed by atoms with Crippen LogP contribution in [-0.2, 0) is 12.8 Å². The minimum absolute atomic E-state index is 0.781. The fraction of sp³-hybridized carbons (Fsp3) is 0.188. The van der Waals surface area contributed by atoms with Crippen molar-refractivity contribution in [2.24, 2.45) is 0 Å². The maximum absolute atomic E-state index is 4.66. The number of aryl methyl sites for hydroxylation is 1. The highest BCUT2D eigenvalue weighted by Gasteiger charge is 2.07. The van der Waals surface area contributed by atoms with Crippen molar-refractivity contribution < 1.29 is 0 Å². The molecule has 0 bridgehead atoms. The third-order valence-electron chi connectivity index (χ3n) is 2.79. The van der Waals surface area contributed by atoms with Crippen LogP contribution in [0.25, 0.3) is 5.69 Å². The summed E-state index contributed by atoms with van der Waals surface area (Å²) in [6, 6.07) is 10.3. The molecule has 0 spiro atoms. The summed E-state index contributed by atoms with van der Waals surface area (Å²) in [6.07, 6.45) is 8.60. The summed E-state index contributed by atoms with van der Waals surface area (Å²) < 4.78 is 2.14. The first-order chi connectivity index (χ1) is 8.85. The Labute approximate surface area is 108 Å². The van der Waals surface area contributed by atoms with Crippen molar-refractivity contribution in [3.8, 4) is 5.69 Å². The van der Waals surface area contributed by atoms with Gasteiger partial charge in [0.15, 0.2) is 0 Å². The molecule has 2 heteroatoms. The largest absolute Gasteiger partial charge is 0.303 e. The van der Waals surface area contributed by atoms with Gasteiger partial charge in [-0.25, -0.2) is 4.98 Å². The highest BCUT2D eigenvalue weighted by atomic mass is 15.1. The molecule has 0 amide bonds. The van der Waals surface area contributed by atoms with Crippen LogP contribution in [0.2, 0.25) is 0 Å². The SMILES string of the molecule is C=CCCc1cn(-c2ccccc2)c(CC=C)n1. The topological polar surface area (TPSA) is 17.8 Å². The summed E-state index contributed by atoms with van der Waals surface area (Å²) in [5.41, 5.74) is 2.25. The van der Waals surface area contributed by atoms with E-state index < -0.39 is 0 Å². The summed E-state index contributed by atoms with van der Waals surface area (Å²) in [4.78, 5) is 4.66. The number of hydrogen-bond acceptors (Lipinski definition) is 1. The zero-order valence-electron chi connectivity index (χ0n) is 10.5. The average molecular weight is 238 g/mol. The maximum atomic E-state index is 4.66. The molecule has 0 aliphatic heterocycles. The lowest BCUT2D eigenvalue weighted by Gasteiger charge is -2.05. The average Bonchev–Trinajstić information content (AvgIpc) is 2.81. The summed E-state index contributed by atoms with van der Waals surface area (Å²) in [6.45, 7) is 7.54. The Bertz CT molecular complexity index is 523. The second-order valence-electron chi connectivity index (χ2n) is 4.17. The van der Waals surface area contributed by atoms with Crippen molar-refractivity contribution >= 4 is 0 Å². The van der Waals surface area contributed by atoms with Crippen molar-refractivity contribution in [2.45, 2.75) is 19.3 Å². The monoisotopic (exact) mass is 238 g/mol. The summed E-state index contributed by atoms with van der Waals surface area (Å²) >= 11 is 0. The lowest BCUT2D eigenvalue weighted by atomic mass is 10.2. The van der Waals surface area contributed by atoms with Gasteiger partial charge in [0.25, 0.3) is 0 Å². The van der Waals surface area contributed by atoms with Gasteiger partial charge in [-0.3, -0.25) is 0 Å². The maximum Gasteiger partial charge on any atom is 0.117 e. The second kappa shape index (κ2) is 6.01. The molecule has 0 aliphatic carbocycles. The van der Waals surface area contributed by atoms with E-state index in [-0.39, 0.29) is 0 Å². The molecule has 0 saturated carbocycles. The van der Waals surface area contributed by atoms with Gasteiger partial charge in [0, 0.05) is 18.3 Å². The fourth-order valence-electron chi connectivity index (χ4n) is 1.93. The van der Waals surface area contributed by atoms with Gasteiger partial charge < -0.3 is 4.57 Å². The molecule has 2 nitrogen and oxygen atoms in total. The molecule has 1 aromatic carbocycles. The van der Waals surface area contributed by atoms with Crippen LogP contribution in [-0.4, -0.2) is 9.55 Å². The summed E-state index contributed by atoms with van der Waals surface area (Å²) in [5, 5.41) is 0. The van der Waals surface area contributed by atoms with E-state index in [0.717, 1.165) is 36.5 Å². The number of hydrogen-bond donors (Lipinski definition) is 0. The molecule has 18 heavy (non-hydrogen) atoms. The van der Waals surface area contributed by atoms with E-state index >= 15 is 0 Å². The molecular weight excluding hydrogens is 220 g/mol. The predicted molar refractivity (Wildman–Crippen MR) is 76.0 cm³/mol. The van der Waals surface area contributed by atoms with E-state index in [2.05, 4.69) is 41.0 Å². The molecule has 0 N–H and O–H groups in total. The minimum atomic E-state index is 0.781. The number of aromatic nitrogens is 2. The van der Waals surface area contributed by atoms with Crippen LogP contribution in [0.15, 0.2) is 61.8 Å². The predicted octanol–water partition coefficient (Wildman–Crippen LogP) is 3.72. The molecule has 0 fully saturated rings. The first kappa shape index (κ1) is 12.4. The van der Waals surface area contributed by atoms with E-state index in [0.29, 0.717) is 0 Å². The van der Waals surface area contributed by atoms with Gasteiger partial charge in [-0.05, 0) is 25.0 Å². The van der Waals surface area contributed by atoms with Gasteiger partial charge in [0.2, 0.25) is 0 Å². The quantitative estimate of drug-likeness (QED) is 0.701. The van der Waals surface area contributed by atoms with E-state index in [1.165, 1.54) is 0 Å². The summed E-state index contributed by atoms with van der Waals surface area (Å²) in [7, 11) is 0. The Morgan fingerprint density at radius 2 is 1.89 bits per heavy atom. The smallest absolute Gasteiger partial charge is 0.117 e. The van der Waals surface area contributed by atoms with Crippen LogP contribution in [0.3, 0.4) is 0 Å². The molecule has 2 aromatic rings. The molecule has 0 radical (unpaired) electrons. The lowest BCUT2D eigenvalue weighted by molar-refractivity contribution is 0.918. The van der Waals surface area contributed by atoms with Gasteiger partial charge in [-0.1, -0.05) is 30.4 Å². The number of nitrogens with zero attached hydrogens (tertiary/aromatic N) is 2. The van der Waals surface area contributed by atoms with Gasteiger partial charge in [0.05, 0.1) is 5.69 Å². The third-order valence-corrected chi connectivity index (χ3v) is 2.79. The van der Waals surface area contributed by atoms with E-state index in [9.17, 15) is 0 Å². The standard InChI is InChI=1S/C16H18N2/c1-3-5-10-14-13-18(16(17-14)9-4-2)15-11-7-6-8-12-15/h3-4,6-8,11-13H,1-2,5,9-10H2. The van der Waals surface area contributed by atoms with Crippen molar-refractivity contribution in [3.63, 3.8) is 0 Å². The fourth-order valence-corrected chi connectivity index (χ4v) is 1.93. The Morgan fingerprint density at radius 1 is 1.11 bits per heavy atom. The van der Waals surface area contributed by atoms with Gasteiger partial charge in [0.1, 0.15) is 5.82 Å². The molecule has 0 saturated heterocycles. The molecule has 92 valence electrons. The van der Waals surface area contributed by atoms with E-state index in [1.807, 2.05) is 30.4 Å². The molecule has 1 heterocycles. The molecule has 0 atom stereocenters. The van der Waals surface area contributed by atoms with Crippen molar-refractivity contribution in [3.05, 3.63) is 73.4 Å². The number of benzene rings is 1. The molecule has 1 aromatic heterocycles. The number of allylic oxidation sites excluding steroid dienone is 2. The van der Waals surface area contributed by atoms with Crippen molar-refractivity contribution in [1.29, 1.82) is 0 Å². The van der Waals surface area contributed by atoms with Crippen LogP contribution in [0.4, 0.5) is 0 Å². The normalized spacial score (nSPS) is 10.2. The molecule has 0 unspecified atom stereocenters. The Kier molecular flexibility index (Phi) is 4.13. The van der Waals surface area contributed by atoms with Crippen molar-refractivity contribution in [2.75, 3.05) is 0 Å². The first-order valence-electron chi connectivity index (χ1n) is 6.19. The summed E-state index contributed by atoms with van der Waals surface area (Å²) in [5.74, 6) is 1.04. The lowest BCUT2D eigenvalue weighted by Crippen LogP contribution is -1.98. The Morgan fingerprint density at radius 3 is 2.56 bits per heavy atom. The zero-order chi connectivity index (χ0) is 12.8. The third kappa shape index (κ3) is 2.77. The molecule has 0 aliphatic rings. The number of para-hydroxylation sites is 1.